The zero-order valence-corrected chi connectivity index (χ0v) is 26.6. The maximum atomic E-state index is 5.35. The van der Waals surface area contributed by atoms with Crippen molar-refractivity contribution in [3.63, 3.8) is 0 Å². The molecule has 8 aromatic carbocycles. The van der Waals surface area contributed by atoms with Crippen molar-refractivity contribution in [2.75, 3.05) is 0 Å². The predicted molar refractivity (Wildman–Crippen MR) is 205 cm³/mol. The summed E-state index contributed by atoms with van der Waals surface area (Å²) >= 11 is 0. The lowest BCUT2D eigenvalue weighted by Crippen LogP contribution is -2.02. The number of hydrogen-bond donors (Lipinski definition) is 0. The number of fused-ring (bicyclic) bond motifs is 9. The highest BCUT2D eigenvalue weighted by Gasteiger charge is 2.21. The van der Waals surface area contributed by atoms with Crippen LogP contribution in [-0.2, 0) is 0 Å². The molecular weight excluding hydrogens is 595 g/mol. The number of aromatic nitrogens is 3. The predicted octanol–water partition coefficient (Wildman–Crippen LogP) is 12.0. The van der Waals surface area contributed by atoms with Crippen molar-refractivity contribution in [2.45, 2.75) is 0 Å². The molecule has 0 aliphatic rings. The molecule has 2 heterocycles. The summed E-state index contributed by atoms with van der Waals surface area (Å²) in [7, 11) is 0. The highest BCUT2D eigenvalue weighted by atomic mass is 15.0. The van der Waals surface area contributed by atoms with E-state index in [4.69, 9.17) is 9.97 Å². The summed E-state index contributed by atoms with van der Waals surface area (Å²) in [6, 6.07) is 62.5. The van der Waals surface area contributed by atoms with E-state index in [0.29, 0.717) is 5.82 Å². The second-order valence-electron chi connectivity index (χ2n) is 12.6. The molecule has 0 N–H and O–H groups in total. The Kier molecular flexibility index (Phi) is 6.18. The normalized spacial score (nSPS) is 11.7. The van der Waals surface area contributed by atoms with E-state index in [2.05, 4.69) is 168 Å². The van der Waals surface area contributed by atoms with Gasteiger partial charge in [0, 0.05) is 27.5 Å². The van der Waals surface area contributed by atoms with Crippen LogP contribution in [0.4, 0.5) is 0 Å². The van der Waals surface area contributed by atoms with Crippen LogP contribution >= 0.6 is 0 Å². The fourth-order valence-corrected chi connectivity index (χ4v) is 7.57. The smallest absolute Gasteiger partial charge is 0.162 e. The molecule has 228 valence electrons. The van der Waals surface area contributed by atoms with Crippen molar-refractivity contribution < 1.29 is 0 Å². The maximum Gasteiger partial charge on any atom is 0.162 e. The first kappa shape index (κ1) is 27.5. The maximum absolute atomic E-state index is 5.35. The van der Waals surface area contributed by atoms with Gasteiger partial charge in [-0.05, 0) is 62.6 Å². The van der Waals surface area contributed by atoms with Gasteiger partial charge in [0.15, 0.2) is 5.82 Å². The van der Waals surface area contributed by atoms with Gasteiger partial charge < -0.3 is 4.57 Å². The zero-order chi connectivity index (χ0) is 32.3. The molecule has 3 heteroatoms. The topological polar surface area (TPSA) is 30.7 Å². The highest BCUT2D eigenvalue weighted by molar-refractivity contribution is 6.26. The van der Waals surface area contributed by atoms with Crippen molar-refractivity contribution >= 4 is 54.1 Å². The molecule has 10 aromatic rings. The lowest BCUT2D eigenvalue weighted by atomic mass is 9.92. The standard InChI is InChI=1S/C46H29N3/c1-3-15-30(16-4-1)41-29-42(31-17-5-2-6-18-31)48-46(47-41)40-27-38-34-21-9-7-19-32(34)33-20-8-10-22-35(33)39(38)28-45(40)49-43-25-13-11-23-36(43)37-24-12-14-26-44(37)49/h1-29H. The summed E-state index contributed by atoms with van der Waals surface area (Å²) in [5, 5.41) is 9.77. The molecule has 10 rings (SSSR count). The van der Waals surface area contributed by atoms with Crippen molar-refractivity contribution in [2.24, 2.45) is 0 Å². The molecule has 49 heavy (non-hydrogen) atoms. The van der Waals surface area contributed by atoms with Crippen LogP contribution < -0.4 is 0 Å². The van der Waals surface area contributed by atoms with Crippen LogP contribution in [0.1, 0.15) is 0 Å². The molecule has 0 aliphatic heterocycles. The SMILES string of the molecule is c1ccc(-c2cc(-c3ccccc3)nc(-c3cc4c5ccccc5c5ccccc5c4cc3-n3c4ccccc4c4ccccc43)n2)cc1. The van der Waals surface area contributed by atoms with Gasteiger partial charge in [0.2, 0.25) is 0 Å². The Morgan fingerprint density at radius 2 is 0.714 bits per heavy atom. The first-order chi connectivity index (χ1) is 24.3. The molecule has 3 nitrogen and oxygen atoms in total. The summed E-state index contributed by atoms with van der Waals surface area (Å²) in [5.41, 5.74) is 8.22. The summed E-state index contributed by atoms with van der Waals surface area (Å²) in [4.78, 5) is 10.7. The first-order valence-electron chi connectivity index (χ1n) is 16.7. The Labute approximate surface area is 283 Å². The van der Waals surface area contributed by atoms with Crippen molar-refractivity contribution in [3.05, 3.63) is 176 Å². The monoisotopic (exact) mass is 623 g/mol. The molecular formula is C46H29N3. The van der Waals surface area contributed by atoms with E-state index in [-0.39, 0.29) is 0 Å². The molecule has 0 fully saturated rings. The molecule has 0 aliphatic carbocycles. The zero-order valence-electron chi connectivity index (χ0n) is 26.6. The Hall–Kier alpha value is -6.58. The third kappa shape index (κ3) is 4.37. The quantitative estimate of drug-likeness (QED) is 0.183. The molecule has 2 aromatic heterocycles. The summed E-state index contributed by atoms with van der Waals surface area (Å²) < 4.78 is 2.41. The number of nitrogens with zero attached hydrogens (tertiary/aromatic N) is 3. The fourth-order valence-electron chi connectivity index (χ4n) is 7.57. The minimum absolute atomic E-state index is 0.691. The van der Waals surface area contributed by atoms with Crippen LogP contribution in [0.15, 0.2) is 176 Å². The lowest BCUT2D eigenvalue weighted by molar-refractivity contribution is 1.14. The van der Waals surface area contributed by atoms with Gasteiger partial charge in [-0.25, -0.2) is 9.97 Å². The number of para-hydroxylation sites is 2. The minimum atomic E-state index is 0.691. The van der Waals surface area contributed by atoms with E-state index in [0.717, 1.165) is 44.8 Å². The van der Waals surface area contributed by atoms with Crippen LogP contribution in [-0.4, -0.2) is 14.5 Å². The number of benzene rings is 8. The Morgan fingerprint density at radius 3 is 1.20 bits per heavy atom. The Bertz CT molecular complexity index is 2760. The summed E-state index contributed by atoms with van der Waals surface area (Å²) in [5.74, 6) is 0.691. The van der Waals surface area contributed by atoms with Gasteiger partial charge in [-0.2, -0.15) is 0 Å². The number of hydrogen-bond acceptors (Lipinski definition) is 2. The third-order valence-corrected chi connectivity index (χ3v) is 9.79. The molecule has 0 atom stereocenters. The molecule has 0 radical (unpaired) electrons. The second-order valence-corrected chi connectivity index (χ2v) is 12.6. The first-order valence-corrected chi connectivity index (χ1v) is 16.7. The largest absolute Gasteiger partial charge is 0.308 e. The van der Waals surface area contributed by atoms with E-state index in [1.807, 2.05) is 12.1 Å². The van der Waals surface area contributed by atoms with E-state index in [1.54, 1.807) is 0 Å². The Morgan fingerprint density at radius 1 is 0.327 bits per heavy atom. The highest BCUT2D eigenvalue weighted by Crippen LogP contribution is 2.42. The van der Waals surface area contributed by atoms with Crippen LogP contribution in [0.2, 0.25) is 0 Å². The third-order valence-electron chi connectivity index (χ3n) is 9.79. The average molecular weight is 624 g/mol. The van der Waals surface area contributed by atoms with Gasteiger partial charge >= 0.3 is 0 Å². The summed E-state index contributed by atoms with van der Waals surface area (Å²) in [6.45, 7) is 0. The van der Waals surface area contributed by atoms with Gasteiger partial charge in [0.05, 0.1) is 28.1 Å². The van der Waals surface area contributed by atoms with Gasteiger partial charge in [0.1, 0.15) is 0 Å². The van der Waals surface area contributed by atoms with Crippen molar-refractivity contribution in [3.8, 4) is 39.6 Å². The Balaban J connectivity index is 1.39. The van der Waals surface area contributed by atoms with Crippen LogP contribution in [0.25, 0.3) is 93.7 Å². The molecule has 0 amide bonds. The van der Waals surface area contributed by atoms with Crippen LogP contribution in [0, 0.1) is 0 Å². The van der Waals surface area contributed by atoms with E-state index >= 15 is 0 Å². The van der Waals surface area contributed by atoms with Gasteiger partial charge in [0.25, 0.3) is 0 Å². The average Bonchev–Trinajstić information content (AvgIpc) is 3.52. The summed E-state index contributed by atoms with van der Waals surface area (Å²) in [6.07, 6.45) is 0. The van der Waals surface area contributed by atoms with Gasteiger partial charge in [-0.3, -0.25) is 0 Å². The van der Waals surface area contributed by atoms with E-state index in [9.17, 15) is 0 Å². The lowest BCUT2D eigenvalue weighted by Gasteiger charge is -2.18. The fraction of sp³-hybridized carbons (Fsp3) is 0. The van der Waals surface area contributed by atoms with Crippen LogP contribution in [0.3, 0.4) is 0 Å². The molecule has 0 unspecified atom stereocenters. The van der Waals surface area contributed by atoms with E-state index in [1.165, 1.54) is 43.1 Å². The molecule has 0 saturated heterocycles. The second kappa shape index (κ2) is 11.0. The molecule has 0 bridgehead atoms. The van der Waals surface area contributed by atoms with Crippen molar-refractivity contribution in [1.29, 1.82) is 0 Å². The van der Waals surface area contributed by atoms with Crippen molar-refractivity contribution in [1.82, 2.24) is 14.5 Å². The minimum Gasteiger partial charge on any atom is -0.308 e. The van der Waals surface area contributed by atoms with Gasteiger partial charge in [-0.15, -0.1) is 0 Å². The number of rotatable bonds is 4. The molecule has 0 saturated carbocycles. The molecule has 0 spiro atoms. The van der Waals surface area contributed by atoms with Gasteiger partial charge in [-0.1, -0.05) is 146 Å². The van der Waals surface area contributed by atoms with E-state index < -0.39 is 0 Å². The van der Waals surface area contributed by atoms with Crippen LogP contribution in [0.5, 0.6) is 0 Å².